The maximum Gasteiger partial charge on any atom is 0.317 e. The van der Waals surface area contributed by atoms with E-state index in [9.17, 15) is 4.79 Å². The highest BCUT2D eigenvalue weighted by Crippen LogP contribution is 2.26. The lowest BCUT2D eigenvalue weighted by Crippen LogP contribution is -2.46. The summed E-state index contributed by atoms with van der Waals surface area (Å²) in [6.07, 6.45) is 5.31. The fourth-order valence-corrected chi connectivity index (χ4v) is 3.39. The van der Waals surface area contributed by atoms with Gasteiger partial charge in [-0.2, -0.15) is 0 Å². The standard InChI is InChI=1S/C19H27N5O2/c1-13(2)15-11-24(12-16(15)22-19(25)23(3)4)10-14-8-20-18(21-9-14)17-6-5-7-26-17/h5-9,13,15-16H,10-12H2,1-4H3,(H,22,25)/t15-,16+/m0/s1. The van der Waals surface area contributed by atoms with Gasteiger partial charge in [-0.05, 0) is 24.0 Å². The van der Waals surface area contributed by atoms with Crippen molar-refractivity contribution >= 4 is 6.03 Å². The summed E-state index contributed by atoms with van der Waals surface area (Å²) in [7, 11) is 3.54. The van der Waals surface area contributed by atoms with Crippen LogP contribution >= 0.6 is 0 Å². The van der Waals surface area contributed by atoms with Crippen molar-refractivity contribution in [1.29, 1.82) is 0 Å². The van der Waals surface area contributed by atoms with Gasteiger partial charge in [-0.3, -0.25) is 4.90 Å². The highest BCUT2D eigenvalue weighted by molar-refractivity contribution is 5.73. The Morgan fingerprint density at radius 2 is 2.08 bits per heavy atom. The smallest absolute Gasteiger partial charge is 0.317 e. The van der Waals surface area contributed by atoms with E-state index in [4.69, 9.17) is 4.42 Å². The first-order valence-electron chi connectivity index (χ1n) is 8.99. The van der Waals surface area contributed by atoms with Crippen LogP contribution in [0, 0.1) is 11.8 Å². The van der Waals surface area contributed by atoms with Gasteiger partial charge in [0.2, 0.25) is 0 Å². The number of carbonyl (C=O) groups is 1. The van der Waals surface area contributed by atoms with E-state index in [1.54, 1.807) is 25.3 Å². The van der Waals surface area contributed by atoms with Crippen LogP contribution in [0.3, 0.4) is 0 Å². The van der Waals surface area contributed by atoms with Crippen LogP contribution in [0.2, 0.25) is 0 Å². The summed E-state index contributed by atoms with van der Waals surface area (Å²) >= 11 is 0. The van der Waals surface area contributed by atoms with E-state index < -0.39 is 0 Å². The number of nitrogens with zero attached hydrogens (tertiary/aromatic N) is 4. The lowest BCUT2D eigenvalue weighted by Gasteiger charge is -2.24. The van der Waals surface area contributed by atoms with Gasteiger partial charge in [-0.25, -0.2) is 14.8 Å². The van der Waals surface area contributed by atoms with Crippen molar-refractivity contribution in [3.8, 4) is 11.6 Å². The van der Waals surface area contributed by atoms with Gasteiger partial charge < -0.3 is 14.6 Å². The molecule has 26 heavy (non-hydrogen) atoms. The molecule has 1 saturated heterocycles. The largest absolute Gasteiger partial charge is 0.461 e. The number of amides is 2. The van der Waals surface area contributed by atoms with Crippen LogP contribution in [-0.4, -0.2) is 59.0 Å². The number of aromatic nitrogens is 2. The van der Waals surface area contributed by atoms with Gasteiger partial charge in [-0.1, -0.05) is 13.8 Å². The summed E-state index contributed by atoms with van der Waals surface area (Å²) in [6.45, 7) is 6.99. The second-order valence-electron chi connectivity index (χ2n) is 7.44. The minimum absolute atomic E-state index is 0.0337. The molecule has 0 spiro atoms. The Bertz CT molecular complexity index is 712. The average Bonchev–Trinajstić information content (AvgIpc) is 3.25. The van der Waals surface area contributed by atoms with Crippen molar-refractivity contribution in [2.24, 2.45) is 11.8 Å². The Kier molecular flexibility index (Phi) is 5.56. The van der Waals surface area contributed by atoms with Crippen LogP contribution in [0.15, 0.2) is 35.2 Å². The number of urea groups is 1. The minimum atomic E-state index is -0.0337. The molecule has 3 heterocycles. The molecule has 0 aliphatic carbocycles. The number of furan rings is 1. The van der Waals surface area contributed by atoms with Gasteiger partial charge in [0.05, 0.1) is 6.26 Å². The quantitative estimate of drug-likeness (QED) is 0.890. The molecule has 0 saturated carbocycles. The van der Waals surface area contributed by atoms with E-state index in [0.29, 0.717) is 23.4 Å². The third-order valence-corrected chi connectivity index (χ3v) is 4.87. The fraction of sp³-hybridized carbons (Fsp3) is 0.526. The normalized spacial score (nSPS) is 20.5. The monoisotopic (exact) mass is 357 g/mol. The predicted molar refractivity (Wildman–Crippen MR) is 99.3 cm³/mol. The number of nitrogens with one attached hydrogen (secondary N) is 1. The Morgan fingerprint density at radius 1 is 1.35 bits per heavy atom. The third kappa shape index (κ3) is 4.22. The van der Waals surface area contributed by atoms with Gasteiger partial charge in [0.15, 0.2) is 11.6 Å². The SMILES string of the molecule is CC(C)[C@@H]1CN(Cc2cnc(-c3ccco3)nc2)C[C@H]1NC(=O)N(C)C. The predicted octanol–water partition coefficient (Wildman–Crippen LogP) is 2.46. The molecule has 1 aliphatic heterocycles. The summed E-state index contributed by atoms with van der Waals surface area (Å²) in [4.78, 5) is 24.8. The Hall–Kier alpha value is -2.41. The van der Waals surface area contributed by atoms with Gasteiger partial charge in [-0.15, -0.1) is 0 Å². The lowest BCUT2D eigenvalue weighted by molar-refractivity contribution is 0.207. The molecule has 3 rings (SSSR count). The van der Waals surface area contributed by atoms with Crippen LogP contribution in [0.5, 0.6) is 0 Å². The van der Waals surface area contributed by atoms with E-state index in [2.05, 4.69) is 34.0 Å². The van der Waals surface area contributed by atoms with E-state index in [1.165, 1.54) is 0 Å². The number of carbonyl (C=O) groups excluding carboxylic acids is 1. The van der Waals surface area contributed by atoms with Crippen molar-refractivity contribution in [3.05, 3.63) is 36.4 Å². The van der Waals surface area contributed by atoms with Crippen molar-refractivity contribution in [3.63, 3.8) is 0 Å². The zero-order chi connectivity index (χ0) is 18.7. The van der Waals surface area contributed by atoms with Crippen LogP contribution in [0.1, 0.15) is 19.4 Å². The minimum Gasteiger partial charge on any atom is -0.461 e. The maximum absolute atomic E-state index is 12.0. The topological polar surface area (TPSA) is 74.5 Å². The van der Waals surface area contributed by atoms with E-state index in [1.807, 2.05) is 24.5 Å². The molecule has 2 aromatic heterocycles. The van der Waals surface area contributed by atoms with Crippen LogP contribution < -0.4 is 5.32 Å². The number of hydrogen-bond acceptors (Lipinski definition) is 5. The van der Waals surface area contributed by atoms with Crippen LogP contribution in [-0.2, 0) is 6.54 Å². The maximum atomic E-state index is 12.0. The second kappa shape index (κ2) is 7.86. The molecular weight excluding hydrogens is 330 g/mol. The first-order chi connectivity index (χ1) is 12.4. The second-order valence-corrected chi connectivity index (χ2v) is 7.44. The van der Waals surface area contributed by atoms with Crippen LogP contribution in [0.4, 0.5) is 4.79 Å². The van der Waals surface area contributed by atoms with Crippen molar-refractivity contribution in [1.82, 2.24) is 25.1 Å². The molecule has 1 aliphatic rings. The van der Waals surface area contributed by atoms with E-state index in [-0.39, 0.29) is 12.1 Å². The van der Waals surface area contributed by atoms with Gasteiger partial charge in [0, 0.05) is 57.7 Å². The first kappa shape index (κ1) is 18.4. The number of hydrogen-bond donors (Lipinski definition) is 1. The van der Waals surface area contributed by atoms with E-state index in [0.717, 1.165) is 25.2 Å². The molecule has 2 amide bonds. The molecule has 2 atom stereocenters. The molecule has 7 nitrogen and oxygen atoms in total. The molecule has 0 unspecified atom stereocenters. The third-order valence-electron chi connectivity index (χ3n) is 4.87. The van der Waals surface area contributed by atoms with Gasteiger partial charge in [0.1, 0.15) is 0 Å². The Labute approximate surface area is 154 Å². The summed E-state index contributed by atoms with van der Waals surface area (Å²) in [6, 6.07) is 3.80. The Balaban J connectivity index is 1.63. The van der Waals surface area contributed by atoms with E-state index >= 15 is 0 Å². The summed E-state index contributed by atoms with van der Waals surface area (Å²) < 4.78 is 5.32. The summed E-state index contributed by atoms with van der Waals surface area (Å²) in [5.41, 5.74) is 1.06. The average molecular weight is 357 g/mol. The highest BCUT2D eigenvalue weighted by atomic mass is 16.3. The summed E-state index contributed by atoms with van der Waals surface area (Å²) in [5, 5.41) is 3.15. The van der Waals surface area contributed by atoms with Gasteiger partial charge >= 0.3 is 6.03 Å². The molecule has 140 valence electrons. The molecule has 0 radical (unpaired) electrons. The zero-order valence-electron chi connectivity index (χ0n) is 15.8. The zero-order valence-corrected chi connectivity index (χ0v) is 15.8. The Morgan fingerprint density at radius 3 is 2.65 bits per heavy atom. The van der Waals surface area contributed by atoms with Crippen molar-refractivity contribution in [2.75, 3.05) is 27.2 Å². The highest BCUT2D eigenvalue weighted by Gasteiger charge is 2.35. The molecular formula is C19H27N5O2. The van der Waals surface area contributed by atoms with Crippen molar-refractivity contribution < 1.29 is 9.21 Å². The molecule has 1 N–H and O–H groups in total. The molecule has 0 aromatic carbocycles. The number of rotatable bonds is 5. The molecule has 7 heteroatoms. The number of likely N-dealkylation sites (tertiary alicyclic amines) is 1. The molecule has 0 bridgehead atoms. The molecule has 2 aromatic rings. The lowest BCUT2D eigenvalue weighted by atomic mass is 9.91. The van der Waals surface area contributed by atoms with Crippen molar-refractivity contribution in [2.45, 2.75) is 26.4 Å². The van der Waals surface area contributed by atoms with Gasteiger partial charge in [0.25, 0.3) is 0 Å². The fourth-order valence-electron chi connectivity index (χ4n) is 3.39. The molecule has 1 fully saturated rings. The summed E-state index contributed by atoms with van der Waals surface area (Å²) in [5.74, 6) is 2.20. The first-order valence-corrected chi connectivity index (χ1v) is 8.99. The van der Waals surface area contributed by atoms with Crippen LogP contribution in [0.25, 0.3) is 11.6 Å².